The predicted octanol–water partition coefficient (Wildman–Crippen LogP) is 4.91. The Labute approximate surface area is 190 Å². The first kappa shape index (κ1) is 21.8. The summed E-state index contributed by atoms with van der Waals surface area (Å²) < 4.78 is 6.74. The molecule has 2 aromatic carbocycles. The molecular weight excluding hydrogens is 428 g/mol. The summed E-state index contributed by atoms with van der Waals surface area (Å²) in [5, 5.41) is 3.26. The molecule has 32 heavy (non-hydrogen) atoms. The van der Waals surface area contributed by atoms with Crippen molar-refractivity contribution in [1.82, 2.24) is 4.57 Å². The van der Waals surface area contributed by atoms with E-state index >= 15 is 0 Å². The molecule has 1 aromatic heterocycles. The molecule has 0 saturated heterocycles. The number of rotatable bonds is 4. The maximum atomic E-state index is 13.6. The number of para-hydroxylation sites is 2. The highest BCUT2D eigenvalue weighted by atomic mass is 35.5. The van der Waals surface area contributed by atoms with Crippen LogP contribution in [0.4, 0.5) is 5.69 Å². The summed E-state index contributed by atoms with van der Waals surface area (Å²) in [6.07, 6.45) is 0.868. The van der Waals surface area contributed by atoms with E-state index in [4.69, 9.17) is 16.3 Å². The summed E-state index contributed by atoms with van der Waals surface area (Å²) >= 11 is 6.03. The minimum atomic E-state index is -0.609. The Balaban J connectivity index is 1.89. The van der Waals surface area contributed by atoms with Crippen LogP contribution in [0.2, 0.25) is 5.02 Å². The highest BCUT2D eigenvalue weighted by Gasteiger charge is 2.35. The SMILES string of the molecule is COc1ccccc1NC(=O)c1cc2c(n(-c3ccc(Cl)cc3)c1=O)CC(C)(C)CC2=O. The molecular formula is C25H23ClN2O4. The average Bonchev–Trinajstić information content (AvgIpc) is 2.74. The van der Waals surface area contributed by atoms with Gasteiger partial charge in [0.15, 0.2) is 5.78 Å². The van der Waals surface area contributed by atoms with Crippen molar-refractivity contribution in [3.8, 4) is 11.4 Å². The molecule has 1 amide bonds. The lowest BCUT2D eigenvalue weighted by Gasteiger charge is -2.32. The summed E-state index contributed by atoms with van der Waals surface area (Å²) in [5.74, 6) is -0.234. The summed E-state index contributed by atoms with van der Waals surface area (Å²) in [7, 11) is 1.50. The second-order valence-corrected chi connectivity index (χ2v) is 9.07. The second-order valence-electron chi connectivity index (χ2n) is 8.63. The molecule has 0 radical (unpaired) electrons. The van der Waals surface area contributed by atoms with Gasteiger partial charge in [0, 0.05) is 28.4 Å². The first-order chi connectivity index (χ1) is 15.2. The Morgan fingerprint density at radius 1 is 1.06 bits per heavy atom. The zero-order valence-corrected chi connectivity index (χ0v) is 18.8. The van der Waals surface area contributed by atoms with E-state index in [1.54, 1.807) is 48.5 Å². The first-order valence-electron chi connectivity index (χ1n) is 10.2. The van der Waals surface area contributed by atoms with Crippen molar-refractivity contribution in [1.29, 1.82) is 0 Å². The maximum Gasteiger partial charge on any atom is 0.268 e. The fourth-order valence-corrected chi connectivity index (χ4v) is 4.20. The van der Waals surface area contributed by atoms with Crippen LogP contribution >= 0.6 is 11.6 Å². The molecule has 1 aliphatic rings. The van der Waals surface area contributed by atoms with Crippen molar-refractivity contribution in [3.63, 3.8) is 0 Å². The van der Waals surface area contributed by atoms with E-state index in [1.165, 1.54) is 17.7 Å². The van der Waals surface area contributed by atoms with Gasteiger partial charge in [-0.25, -0.2) is 0 Å². The van der Waals surface area contributed by atoms with E-state index in [-0.39, 0.29) is 16.8 Å². The van der Waals surface area contributed by atoms with Gasteiger partial charge in [-0.3, -0.25) is 19.0 Å². The van der Waals surface area contributed by atoms with Gasteiger partial charge < -0.3 is 10.1 Å². The van der Waals surface area contributed by atoms with Crippen molar-refractivity contribution in [2.24, 2.45) is 5.41 Å². The fraction of sp³-hybridized carbons (Fsp3) is 0.240. The summed E-state index contributed by atoms with van der Waals surface area (Å²) in [6.45, 7) is 3.99. The number of aromatic nitrogens is 1. The van der Waals surface area contributed by atoms with Crippen LogP contribution in [0.3, 0.4) is 0 Å². The van der Waals surface area contributed by atoms with Gasteiger partial charge in [0.1, 0.15) is 11.3 Å². The number of halogens is 1. The predicted molar refractivity (Wildman–Crippen MR) is 124 cm³/mol. The minimum Gasteiger partial charge on any atom is -0.495 e. The Morgan fingerprint density at radius 2 is 1.75 bits per heavy atom. The molecule has 1 heterocycles. The fourth-order valence-electron chi connectivity index (χ4n) is 4.08. The van der Waals surface area contributed by atoms with E-state index in [2.05, 4.69) is 5.32 Å². The number of methoxy groups -OCH3 is 1. The number of nitrogens with one attached hydrogen (secondary N) is 1. The van der Waals surface area contributed by atoms with Crippen LogP contribution in [0.15, 0.2) is 59.4 Å². The number of hydrogen-bond donors (Lipinski definition) is 1. The van der Waals surface area contributed by atoms with Crippen LogP contribution < -0.4 is 15.6 Å². The van der Waals surface area contributed by atoms with Crippen LogP contribution in [-0.2, 0) is 6.42 Å². The van der Waals surface area contributed by atoms with Crippen molar-refractivity contribution < 1.29 is 14.3 Å². The van der Waals surface area contributed by atoms with E-state index in [1.807, 2.05) is 13.8 Å². The molecule has 6 nitrogen and oxygen atoms in total. The standard InChI is InChI=1S/C25H23ClN2O4/c1-25(2)13-20-17(21(29)14-25)12-18(23(30)27-19-6-4-5-7-22(19)32-3)24(31)28(20)16-10-8-15(26)9-11-16/h4-12H,13-14H2,1-3H3,(H,27,30). The number of anilines is 1. The second kappa shape index (κ2) is 8.28. The molecule has 0 bridgehead atoms. The summed E-state index contributed by atoms with van der Waals surface area (Å²) in [5.41, 5.74) is 1.07. The number of hydrogen-bond acceptors (Lipinski definition) is 4. The quantitative estimate of drug-likeness (QED) is 0.612. The van der Waals surface area contributed by atoms with Gasteiger partial charge in [0.05, 0.1) is 12.8 Å². The van der Waals surface area contributed by atoms with Crippen molar-refractivity contribution in [2.45, 2.75) is 26.7 Å². The monoisotopic (exact) mass is 450 g/mol. The lowest BCUT2D eigenvalue weighted by molar-refractivity contribution is 0.0909. The molecule has 164 valence electrons. The molecule has 3 aromatic rings. The number of amides is 1. The van der Waals surface area contributed by atoms with Crippen molar-refractivity contribution >= 4 is 29.0 Å². The highest BCUT2D eigenvalue weighted by Crippen LogP contribution is 2.35. The molecule has 0 spiro atoms. The number of Topliss-reactive ketones (excluding diaryl/α,β-unsaturated/α-hetero) is 1. The minimum absolute atomic E-state index is 0.0923. The summed E-state index contributed by atoms with van der Waals surface area (Å²) in [6, 6.07) is 15.1. The van der Waals surface area contributed by atoms with Crippen LogP contribution in [-0.4, -0.2) is 23.4 Å². The van der Waals surface area contributed by atoms with E-state index in [0.29, 0.717) is 46.2 Å². The van der Waals surface area contributed by atoms with Gasteiger partial charge in [-0.05, 0) is 54.3 Å². The van der Waals surface area contributed by atoms with Crippen LogP contribution in [0.25, 0.3) is 5.69 Å². The first-order valence-corrected chi connectivity index (χ1v) is 10.6. The van der Waals surface area contributed by atoms with Crippen LogP contribution in [0.1, 0.15) is 46.7 Å². The number of ether oxygens (including phenoxy) is 1. The van der Waals surface area contributed by atoms with Crippen LogP contribution in [0, 0.1) is 5.41 Å². The molecule has 0 saturated carbocycles. The lowest BCUT2D eigenvalue weighted by atomic mass is 9.75. The number of carbonyl (C=O) groups excluding carboxylic acids is 2. The van der Waals surface area contributed by atoms with Gasteiger partial charge in [-0.1, -0.05) is 37.6 Å². The van der Waals surface area contributed by atoms with E-state index in [9.17, 15) is 14.4 Å². The molecule has 0 atom stereocenters. The molecule has 1 aliphatic carbocycles. The molecule has 0 unspecified atom stereocenters. The van der Waals surface area contributed by atoms with E-state index < -0.39 is 11.5 Å². The Kier molecular flexibility index (Phi) is 5.65. The zero-order chi connectivity index (χ0) is 23.0. The smallest absolute Gasteiger partial charge is 0.268 e. The average molecular weight is 451 g/mol. The highest BCUT2D eigenvalue weighted by molar-refractivity contribution is 6.30. The number of ketones is 1. The number of fused-ring (bicyclic) bond motifs is 1. The summed E-state index contributed by atoms with van der Waals surface area (Å²) in [4.78, 5) is 39.7. The Morgan fingerprint density at radius 3 is 2.44 bits per heavy atom. The molecule has 1 N–H and O–H groups in total. The van der Waals surface area contributed by atoms with Gasteiger partial charge >= 0.3 is 0 Å². The van der Waals surface area contributed by atoms with Gasteiger partial charge in [0.25, 0.3) is 11.5 Å². The van der Waals surface area contributed by atoms with E-state index in [0.717, 1.165) is 0 Å². The normalized spacial score (nSPS) is 14.6. The van der Waals surface area contributed by atoms with Crippen LogP contribution in [0.5, 0.6) is 5.75 Å². The van der Waals surface area contributed by atoms with Crippen molar-refractivity contribution in [2.75, 3.05) is 12.4 Å². The molecule has 0 aliphatic heterocycles. The van der Waals surface area contributed by atoms with Crippen molar-refractivity contribution in [3.05, 3.63) is 86.8 Å². The molecule has 0 fully saturated rings. The molecule has 7 heteroatoms. The maximum absolute atomic E-state index is 13.6. The third kappa shape index (κ3) is 4.06. The Hall–Kier alpha value is -3.38. The zero-order valence-electron chi connectivity index (χ0n) is 18.1. The lowest BCUT2D eigenvalue weighted by Crippen LogP contribution is -2.37. The topological polar surface area (TPSA) is 77.4 Å². The number of pyridine rings is 1. The largest absolute Gasteiger partial charge is 0.495 e. The third-order valence-electron chi connectivity index (χ3n) is 5.57. The number of carbonyl (C=O) groups is 2. The molecule has 4 rings (SSSR count). The van der Waals surface area contributed by atoms with Gasteiger partial charge in [-0.2, -0.15) is 0 Å². The number of benzene rings is 2. The number of nitrogens with zero attached hydrogens (tertiary/aromatic N) is 1. The Bertz CT molecular complexity index is 1280. The third-order valence-corrected chi connectivity index (χ3v) is 5.83. The van der Waals surface area contributed by atoms with Gasteiger partial charge in [0.2, 0.25) is 0 Å². The van der Waals surface area contributed by atoms with Gasteiger partial charge in [-0.15, -0.1) is 0 Å².